The highest BCUT2D eigenvalue weighted by atomic mass is 16.2. The Morgan fingerprint density at radius 1 is 0.793 bits per heavy atom. The molecule has 0 spiro atoms. The van der Waals surface area contributed by atoms with E-state index < -0.39 is 12.1 Å². The first-order valence-electron chi connectivity index (χ1n) is 9.68. The fourth-order valence-corrected chi connectivity index (χ4v) is 4.05. The monoisotopic (exact) mass is 382 g/mol. The van der Waals surface area contributed by atoms with E-state index in [2.05, 4.69) is 17.6 Å². The average molecular weight is 382 g/mol. The molecule has 0 saturated carbocycles. The summed E-state index contributed by atoms with van der Waals surface area (Å²) in [4.78, 5) is 27.3. The molecule has 1 saturated heterocycles. The molecule has 0 unspecified atom stereocenters. The van der Waals surface area contributed by atoms with Gasteiger partial charge in [0.25, 0.3) is 0 Å². The summed E-state index contributed by atoms with van der Waals surface area (Å²) in [6, 6.07) is 22.6. The Kier molecular flexibility index (Phi) is 4.02. The SMILES string of the molecule is Cc1ccc(N2C(=O)N[N+](=C3c4ccccc4CCc4ccccc43)C2=O)cc1. The van der Waals surface area contributed by atoms with Crippen LogP contribution in [0, 0.1) is 6.92 Å². The summed E-state index contributed by atoms with van der Waals surface area (Å²) in [5.74, 6) is 0. The van der Waals surface area contributed by atoms with Crippen molar-refractivity contribution in [3.63, 3.8) is 0 Å². The van der Waals surface area contributed by atoms with E-state index in [-0.39, 0.29) is 0 Å². The van der Waals surface area contributed by atoms with Crippen LogP contribution in [0.2, 0.25) is 0 Å². The van der Waals surface area contributed by atoms with Gasteiger partial charge < -0.3 is 0 Å². The largest absolute Gasteiger partial charge is 0.532 e. The van der Waals surface area contributed by atoms with Gasteiger partial charge in [-0.15, -0.1) is 10.3 Å². The van der Waals surface area contributed by atoms with E-state index in [1.165, 1.54) is 9.58 Å². The topological polar surface area (TPSA) is 52.4 Å². The van der Waals surface area contributed by atoms with Crippen LogP contribution in [0.3, 0.4) is 0 Å². The molecule has 0 atom stereocenters. The van der Waals surface area contributed by atoms with Gasteiger partial charge in [-0.05, 0) is 43.0 Å². The molecule has 0 radical (unpaired) electrons. The number of nitrogens with one attached hydrogen (secondary N) is 1. The number of carbonyl (C=O) groups is 2. The number of hydrogen-bond acceptors (Lipinski definition) is 2. The number of nitrogens with zero attached hydrogens (tertiary/aromatic N) is 2. The predicted octanol–water partition coefficient (Wildman–Crippen LogP) is 4.21. The van der Waals surface area contributed by atoms with Gasteiger partial charge in [0.1, 0.15) is 5.69 Å². The fourth-order valence-electron chi connectivity index (χ4n) is 4.05. The number of hydrazine groups is 1. The van der Waals surface area contributed by atoms with Crippen molar-refractivity contribution < 1.29 is 14.3 Å². The molecule has 4 amide bonds. The molecule has 5 rings (SSSR count). The molecule has 29 heavy (non-hydrogen) atoms. The Hall–Kier alpha value is -3.73. The minimum Gasteiger partial charge on any atom is -0.216 e. The van der Waals surface area contributed by atoms with Crippen LogP contribution in [0.15, 0.2) is 72.8 Å². The van der Waals surface area contributed by atoms with E-state index in [1.807, 2.05) is 55.5 Å². The molecular formula is C24H20N3O2+. The van der Waals surface area contributed by atoms with E-state index in [4.69, 9.17) is 0 Å². The predicted molar refractivity (Wildman–Crippen MR) is 111 cm³/mol. The van der Waals surface area contributed by atoms with Crippen molar-refractivity contribution in [2.24, 2.45) is 0 Å². The van der Waals surface area contributed by atoms with Gasteiger partial charge in [-0.2, -0.15) is 4.79 Å². The highest BCUT2D eigenvalue weighted by molar-refractivity contribution is 6.19. The Balaban J connectivity index is 1.73. The average Bonchev–Trinajstić information content (AvgIpc) is 2.93. The molecule has 142 valence electrons. The number of anilines is 1. The van der Waals surface area contributed by atoms with E-state index in [0.29, 0.717) is 5.69 Å². The summed E-state index contributed by atoms with van der Waals surface area (Å²) < 4.78 is 1.39. The third-order valence-corrected chi connectivity index (χ3v) is 5.52. The summed E-state index contributed by atoms with van der Waals surface area (Å²) in [7, 11) is 0. The van der Waals surface area contributed by atoms with Crippen molar-refractivity contribution in [2.75, 3.05) is 4.90 Å². The molecule has 5 nitrogen and oxygen atoms in total. The molecule has 1 N–H and O–H groups in total. The van der Waals surface area contributed by atoms with Gasteiger partial charge in [0, 0.05) is 11.1 Å². The first-order chi connectivity index (χ1) is 14.1. The van der Waals surface area contributed by atoms with Gasteiger partial charge in [-0.25, -0.2) is 4.79 Å². The number of rotatable bonds is 1. The second-order valence-corrected chi connectivity index (χ2v) is 7.37. The molecule has 3 aromatic carbocycles. The van der Waals surface area contributed by atoms with E-state index >= 15 is 0 Å². The third-order valence-electron chi connectivity index (χ3n) is 5.52. The van der Waals surface area contributed by atoms with Gasteiger partial charge in [0.2, 0.25) is 0 Å². The van der Waals surface area contributed by atoms with Crippen molar-refractivity contribution in [3.8, 4) is 0 Å². The van der Waals surface area contributed by atoms with Crippen LogP contribution in [0.4, 0.5) is 15.3 Å². The Labute approximate surface area is 168 Å². The summed E-state index contributed by atoms with van der Waals surface area (Å²) in [6.07, 6.45) is 1.77. The molecule has 1 aliphatic carbocycles. The minimum absolute atomic E-state index is 0.402. The first-order valence-corrected chi connectivity index (χ1v) is 9.68. The van der Waals surface area contributed by atoms with Gasteiger partial charge in [0.05, 0.1) is 0 Å². The molecular weight excluding hydrogens is 362 g/mol. The van der Waals surface area contributed by atoms with Gasteiger partial charge >= 0.3 is 12.1 Å². The van der Waals surface area contributed by atoms with Gasteiger partial charge in [-0.1, -0.05) is 70.9 Å². The van der Waals surface area contributed by atoms with Gasteiger partial charge in [0.15, 0.2) is 5.71 Å². The van der Waals surface area contributed by atoms with Gasteiger partial charge in [-0.3, -0.25) is 0 Å². The molecule has 5 heteroatoms. The lowest BCUT2D eigenvalue weighted by molar-refractivity contribution is -0.462. The van der Waals surface area contributed by atoms with Crippen molar-refractivity contribution in [1.29, 1.82) is 0 Å². The van der Waals surface area contributed by atoms with Crippen LogP contribution >= 0.6 is 0 Å². The lowest BCUT2D eigenvalue weighted by Gasteiger charge is -2.10. The molecule has 0 aromatic heterocycles. The Morgan fingerprint density at radius 2 is 1.34 bits per heavy atom. The number of carbonyl (C=O) groups excluding carboxylic acids is 2. The maximum Gasteiger partial charge on any atom is 0.532 e. The number of aryl methyl sites for hydroxylation is 3. The van der Waals surface area contributed by atoms with Crippen molar-refractivity contribution >= 4 is 23.5 Å². The molecule has 0 bridgehead atoms. The lowest BCUT2D eigenvalue weighted by atomic mass is 9.98. The Morgan fingerprint density at radius 3 is 1.93 bits per heavy atom. The van der Waals surface area contributed by atoms with Crippen LogP contribution in [0.25, 0.3) is 0 Å². The summed E-state index contributed by atoms with van der Waals surface area (Å²) in [5.41, 5.74) is 9.39. The third kappa shape index (κ3) is 2.83. The summed E-state index contributed by atoms with van der Waals surface area (Å²) in [6.45, 7) is 1.97. The van der Waals surface area contributed by atoms with Crippen molar-refractivity contribution in [1.82, 2.24) is 5.43 Å². The normalized spacial score (nSPS) is 15.7. The fraction of sp³-hybridized carbons (Fsp3) is 0.125. The second-order valence-electron chi connectivity index (χ2n) is 7.37. The number of fused-ring (bicyclic) bond motifs is 2. The number of hydrazone groups is 1. The molecule has 1 fully saturated rings. The first kappa shape index (κ1) is 17.4. The van der Waals surface area contributed by atoms with Crippen molar-refractivity contribution in [3.05, 3.63) is 101 Å². The Bertz CT molecular complexity index is 1130. The zero-order chi connectivity index (χ0) is 20.0. The number of imide groups is 1. The van der Waals surface area contributed by atoms with Crippen LogP contribution in [-0.4, -0.2) is 22.5 Å². The lowest BCUT2D eigenvalue weighted by Crippen LogP contribution is -2.33. The molecule has 1 heterocycles. The number of hydrogen-bond donors (Lipinski definition) is 1. The van der Waals surface area contributed by atoms with Crippen molar-refractivity contribution in [2.45, 2.75) is 19.8 Å². The highest BCUT2D eigenvalue weighted by Gasteiger charge is 2.47. The van der Waals surface area contributed by atoms with Crippen LogP contribution in [-0.2, 0) is 12.8 Å². The zero-order valence-corrected chi connectivity index (χ0v) is 16.1. The molecule has 1 aliphatic heterocycles. The number of benzene rings is 3. The zero-order valence-electron chi connectivity index (χ0n) is 16.1. The summed E-state index contributed by atoms with van der Waals surface area (Å²) >= 11 is 0. The highest BCUT2D eigenvalue weighted by Crippen LogP contribution is 2.27. The maximum atomic E-state index is 13.4. The van der Waals surface area contributed by atoms with E-state index in [0.717, 1.165) is 46.4 Å². The van der Waals surface area contributed by atoms with Crippen LogP contribution in [0.5, 0.6) is 0 Å². The number of urea groups is 2. The summed E-state index contributed by atoms with van der Waals surface area (Å²) in [5, 5.41) is 0. The quantitative estimate of drug-likeness (QED) is 0.641. The minimum atomic E-state index is -0.453. The smallest absolute Gasteiger partial charge is 0.216 e. The van der Waals surface area contributed by atoms with Crippen LogP contribution in [0.1, 0.15) is 27.8 Å². The maximum absolute atomic E-state index is 13.4. The number of amides is 4. The van der Waals surface area contributed by atoms with Crippen LogP contribution < -0.4 is 10.3 Å². The molecule has 3 aromatic rings. The van der Waals surface area contributed by atoms with E-state index in [1.54, 1.807) is 12.1 Å². The molecule has 2 aliphatic rings. The standard InChI is InChI=1S/C24H19N3O2/c1-16-10-14-19(15-11-16)26-23(28)25-27(24(26)29)22-20-8-4-2-6-17(20)12-13-18-7-3-5-9-21(18)22/h2-11,14-15H,12-13H2,1H3/p+1. The van der Waals surface area contributed by atoms with E-state index in [9.17, 15) is 9.59 Å². The second kappa shape index (κ2) is 6.71.